The van der Waals surface area contributed by atoms with Gasteiger partial charge in [-0.25, -0.2) is 0 Å². The summed E-state index contributed by atoms with van der Waals surface area (Å²) in [5.41, 5.74) is 6.10. The van der Waals surface area contributed by atoms with Crippen molar-refractivity contribution in [1.29, 1.82) is 0 Å². The van der Waals surface area contributed by atoms with E-state index in [0.29, 0.717) is 23.6 Å². The summed E-state index contributed by atoms with van der Waals surface area (Å²) in [5, 5.41) is 18.2. The van der Waals surface area contributed by atoms with Crippen LogP contribution in [0, 0.1) is 5.92 Å². The maximum absolute atomic E-state index is 10.2. The van der Waals surface area contributed by atoms with Crippen LogP contribution in [0.1, 0.15) is 75.2 Å². The number of aliphatic hydroxyl groups is 1. The van der Waals surface area contributed by atoms with Gasteiger partial charge in [0.25, 0.3) is 0 Å². The van der Waals surface area contributed by atoms with Gasteiger partial charge in [-0.2, -0.15) is 0 Å². The maximum Gasteiger partial charge on any atom is 0.246 e. The smallest absolute Gasteiger partial charge is 0.246 e. The van der Waals surface area contributed by atoms with Crippen LogP contribution in [0.15, 0.2) is 4.42 Å². The molecule has 106 valence electrons. The highest BCUT2D eigenvalue weighted by Gasteiger charge is 2.32. The predicted octanol–water partition coefficient (Wildman–Crippen LogP) is 2.28. The van der Waals surface area contributed by atoms with E-state index in [-0.39, 0.29) is 6.04 Å². The monoisotopic (exact) mass is 265 g/mol. The van der Waals surface area contributed by atoms with Gasteiger partial charge in [0.05, 0.1) is 0 Å². The van der Waals surface area contributed by atoms with E-state index >= 15 is 0 Å². The van der Waals surface area contributed by atoms with Crippen molar-refractivity contribution in [3.05, 3.63) is 11.8 Å². The van der Waals surface area contributed by atoms with Crippen molar-refractivity contribution in [3.63, 3.8) is 0 Å². The molecule has 2 atom stereocenters. The zero-order chi connectivity index (χ0) is 13.2. The Morgan fingerprint density at radius 1 is 1.16 bits per heavy atom. The highest BCUT2D eigenvalue weighted by atomic mass is 16.4. The molecule has 0 aromatic carbocycles. The van der Waals surface area contributed by atoms with Crippen LogP contribution in [0.2, 0.25) is 0 Å². The standard InChI is InChI=1S/C14H23N3O2/c15-11(8-9-4-2-1-3-5-9)12(18)14-17-16-13(19-14)10-6-7-10/h9-12,18H,1-8,15H2/t11-,12?/m0/s1. The van der Waals surface area contributed by atoms with Gasteiger partial charge < -0.3 is 15.3 Å². The first-order chi connectivity index (χ1) is 9.24. The molecule has 0 saturated heterocycles. The van der Waals surface area contributed by atoms with Crippen LogP contribution in [-0.2, 0) is 0 Å². The molecule has 1 heterocycles. The van der Waals surface area contributed by atoms with Gasteiger partial charge in [0.15, 0.2) is 0 Å². The van der Waals surface area contributed by atoms with Gasteiger partial charge in [-0.15, -0.1) is 10.2 Å². The van der Waals surface area contributed by atoms with Gasteiger partial charge in [0.2, 0.25) is 11.8 Å². The Hall–Kier alpha value is -0.940. The molecule has 0 aliphatic heterocycles. The van der Waals surface area contributed by atoms with Gasteiger partial charge in [0, 0.05) is 12.0 Å². The van der Waals surface area contributed by atoms with E-state index in [1.807, 2.05) is 0 Å². The molecular formula is C14H23N3O2. The number of nitrogens with two attached hydrogens (primary N) is 1. The average Bonchev–Trinajstić information content (AvgIpc) is 3.17. The van der Waals surface area contributed by atoms with Crippen molar-refractivity contribution in [2.75, 3.05) is 0 Å². The Balaban J connectivity index is 1.56. The van der Waals surface area contributed by atoms with Crippen molar-refractivity contribution >= 4 is 0 Å². The fourth-order valence-electron chi connectivity index (χ4n) is 2.98. The van der Waals surface area contributed by atoms with Crippen LogP contribution >= 0.6 is 0 Å². The van der Waals surface area contributed by atoms with E-state index < -0.39 is 6.10 Å². The minimum absolute atomic E-state index is 0.296. The van der Waals surface area contributed by atoms with Crippen LogP contribution in [0.3, 0.4) is 0 Å². The molecule has 0 radical (unpaired) electrons. The molecule has 19 heavy (non-hydrogen) atoms. The van der Waals surface area contributed by atoms with Gasteiger partial charge in [-0.3, -0.25) is 0 Å². The Kier molecular flexibility index (Phi) is 3.84. The summed E-state index contributed by atoms with van der Waals surface area (Å²) < 4.78 is 5.53. The van der Waals surface area contributed by atoms with E-state index in [1.165, 1.54) is 32.1 Å². The van der Waals surface area contributed by atoms with Gasteiger partial charge in [0.1, 0.15) is 6.10 Å². The third-order valence-electron chi connectivity index (χ3n) is 4.37. The van der Waals surface area contributed by atoms with Crippen LogP contribution in [0.25, 0.3) is 0 Å². The van der Waals surface area contributed by atoms with E-state index in [4.69, 9.17) is 10.2 Å². The van der Waals surface area contributed by atoms with Crippen LogP contribution in [-0.4, -0.2) is 21.3 Å². The zero-order valence-electron chi connectivity index (χ0n) is 11.3. The first kappa shape index (κ1) is 13.1. The van der Waals surface area contributed by atoms with E-state index in [0.717, 1.165) is 19.3 Å². The first-order valence-electron chi connectivity index (χ1n) is 7.51. The number of nitrogens with zero attached hydrogens (tertiary/aromatic N) is 2. The second-order valence-electron chi connectivity index (χ2n) is 6.10. The van der Waals surface area contributed by atoms with Gasteiger partial charge in [-0.05, 0) is 25.2 Å². The normalized spacial score (nSPS) is 24.3. The van der Waals surface area contributed by atoms with Crippen molar-refractivity contribution < 1.29 is 9.52 Å². The molecule has 0 bridgehead atoms. The molecule has 1 aromatic heterocycles. The largest absolute Gasteiger partial charge is 0.422 e. The molecule has 5 heteroatoms. The number of aliphatic hydroxyl groups excluding tert-OH is 1. The average molecular weight is 265 g/mol. The molecule has 1 unspecified atom stereocenters. The fraction of sp³-hybridized carbons (Fsp3) is 0.857. The van der Waals surface area contributed by atoms with Gasteiger partial charge >= 0.3 is 0 Å². The van der Waals surface area contributed by atoms with Crippen molar-refractivity contribution in [1.82, 2.24) is 10.2 Å². The summed E-state index contributed by atoms with van der Waals surface area (Å²) in [6, 6.07) is -0.296. The van der Waals surface area contributed by atoms with Crippen LogP contribution in [0.5, 0.6) is 0 Å². The summed E-state index contributed by atoms with van der Waals surface area (Å²) in [5.74, 6) is 2.02. The molecule has 3 rings (SSSR count). The summed E-state index contributed by atoms with van der Waals surface area (Å²) in [6.07, 6.45) is 8.65. The molecule has 0 spiro atoms. The number of hydrogen-bond donors (Lipinski definition) is 2. The minimum Gasteiger partial charge on any atom is -0.422 e. The SMILES string of the molecule is N[C@@H](CC1CCCCC1)C(O)c1nnc(C2CC2)o1. The lowest BCUT2D eigenvalue weighted by Crippen LogP contribution is -2.31. The number of rotatable bonds is 5. The number of aromatic nitrogens is 2. The minimum atomic E-state index is -0.818. The molecule has 2 aliphatic carbocycles. The second kappa shape index (κ2) is 5.59. The first-order valence-corrected chi connectivity index (χ1v) is 7.51. The van der Waals surface area contributed by atoms with E-state index in [9.17, 15) is 5.11 Å². The number of hydrogen-bond acceptors (Lipinski definition) is 5. The van der Waals surface area contributed by atoms with E-state index in [2.05, 4.69) is 10.2 Å². The Morgan fingerprint density at radius 2 is 1.89 bits per heavy atom. The van der Waals surface area contributed by atoms with Crippen LogP contribution < -0.4 is 5.73 Å². The topological polar surface area (TPSA) is 85.2 Å². The lowest BCUT2D eigenvalue weighted by Gasteiger charge is -2.25. The fourth-order valence-corrected chi connectivity index (χ4v) is 2.98. The molecular weight excluding hydrogens is 242 g/mol. The molecule has 2 fully saturated rings. The lowest BCUT2D eigenvalue weighted by atomic mass is 9.84. The summed E-state index contributed by atoms with van der Waals surface area (Å²) in [4.78, 5) is 0. The molecule has 5 nitrogen and oxygen atoms in total. The van der Waals surface area contributed by atoms with Crippen molar-refractivity contribution in [2.24, 2.45) is 11.7 Å². The third kappa shape index (κ3) is 3.15. The Bertz CT molecular complexity index is 411. The van der Waals surface area contributed by atoms with Crippen molar-refractivity contribution in [3.8, 4) is 0 Å². The highest BCUT2D eigenvalue weighted by Crippen LogP contribution is 2.39. The predicted molar refractivity (Wildman–Crippen MR) is 70.4 cm³/mol. The molecule has 1 aromatic rings. The zero-order valence-corrected chi connectivity index (χ0v) is 11.3. The van der Waals surface area contributed by atoms with Gasteiger partial charge in [-0.1, -0.05) is 32.1 Å². The van der Waals surface area contributed by atoms with Crippen LogP contribution in [0.4, 0.5) is 0 Å². The molecule has 0 amide bonds. The molecule has 2 aliphatic rings. The summed E-state index contributed by atoms with van der Waals surface area (Å²) in [6.45, 7) is 0. The quantitative estimate of drug-likeness (QED) is 0.853. The summed E-state index contributed by atoms with van der Waals surface area (Å²) >= 11 is 0. The Labute approximate surface area is 113 Å². The second-order valence-corrected chi connectivity index (χ2v) is 6.10. The van der Waals surface area contributed by atoms with E-state index in [1.54, 1.807) is 0 Å². The molecule has 2 saturated carbocycles. The van der Waals surface area contributed by atoms with Crippen molar-refractivity contribution in [2.45, 2.75) is 69.4 Å². The lowest BCUT2D eigenvalue weighted by molar-refractivity contribution is 0.0990. The molecule has 3 N–H and O–H groups in total. The maximum atomic E-state index is 10.2. The Morgan fingerprint density at radius 3 is 2.58 bits per heavy atom. The third-order valence-corrected chi connectivity index (χ3v) is 4.37. The summed E-state index contributed by atoms with van der Waals surface area (Å²) in [7, 11) is 0. The highest BCUT2D eigenvalue weighted by molar-refractivity contribution is 5.02.